The fourth-order valence-corrected chi connectivity index (χ4v) is 3.57. The van der Waals surface area contributed by atoms with Gasteiger partial charge in [0.05, 0.1) is 0 Å². The van der Waals surface area contributed by atoms with Gasteiger partial charge in [0, 0.05) is 23.1 Å². The minimum Gasteiger partial charge on any atom is -0.326 e. The highest BCUT2D eigenvalue weighted by Crippen LogP contribution is 2.33. The van der Waals surface area contributed by atoms with Crippen LogP contribution in [0.1, 0.15) is 38.8 Å². The lowest BCUT2D eigenvalue weighted by atomic mass is 9.95. The Balaban J connectivity index is 2.18. The summed E-state index contributed by atoms with van der Waals surface area (Å²) in [7, 11) is 0. The molecule has 0 aromatic heterocycles. The van der Waals surface area contributed by atoms with E-state index in [-0.39, 0.29) is 6.04 Å². The fraction of sp³-hybridized carbons (Fsp3) is 0.625. The first-order valence-corrected chi connectivity index (χ1v) is 8.03. The number of likely N-dealkylation sites (tertiary alicyclic amines) is 1. The van der Waals surface area contributed by atoms with Crippen LogP contribution in [0.25, 0.3) is 0 Å². The Hall–Kier alpha value is -0.380. The lowest BCUT2D eigenvalue weighted by Crippen LogP contribution is -2.38. The van der Waals surface area contributed by atoms with Crippen LogP contribution in [0.15, 0.2) is 28.7 Å². The Morgan fingerprint density at radius 2 is 2.05 bits per heavy atom. The third kappa shape index (κ3) is 3.59. The van der Waals surface area contributed by atoms with E-state index in [4.69, 9.17) is 5.73 Å². The van der Waals surface area contributed by atoms with Crippen molar-refractivity contribution >= 4 is 15.9 Å². The minimum absolute atomic E-state index is 0.153. The molecule has 0 bridgehead atoms. The second-order valence-corrected chi connectivity index (χ2v) is 7.06. The molecule has 106 valence electrons. The van der Waals surface area contributed by atoms with Gasteiger partial charge in [-0.05, 0) is 49.4 Å². The molecule has 1 aliphatic rings. The molecule has 2 rings (SSSR count). The Morgan fingerprint density at radius 1 is 1.32 bits per heavy atom. The summed E-state index contributed by atoms with van der Waals surface area (Å²) in [6, 6.07) is 9.06. The molecule has 0 spiro atoms. The molecule has 1 aliphatic heterocycles. The number of hydrogen-bond acceptors (Lipinski definition) is 2. The molecule has 0 amide bonds. The maximum Gasteiger partial charge on any atom is 0.0496 e. The van der Waals surface area contributed by atoms with Crippen LogP contribution in [0.4, 0.5) is 0 Å². The van der Waals surface area contributed by atoms with Crippen LogP contribution in [0.3, 0.4) is 0 Å². The number of rotatable bonds is 4. The average molecular weight is 325 g/mol. The van der Waals surface area contributed by atoms with Crippen LogP contribution >= 0.6 is 15.9 Å². The second kappa shape index (κ2) is 6.38. The van der Waals surface area contributed by atoms with Gasteiger partial charge in [0.2, 0.25) is 0 Å². The number of nitrogens with two attached hydrogens (primary N) is 1. The normalized spacial score (nSPS) is 23.8. The van der Waals surface area contributed by atoms with Crippen molar-refractivity contribution in [3.8, 4) is 0 Å². The first-order valence-electron chi connectivity index (χ1n) is 7.24. The van der Waals surface area contributed by atoms with Crippen molar-refractivity contribution in [2.75, 3.05) is 13.1 Å². The van der Waals surface area contributed by atoms with Crippen molar-refractivity contribution < 1.29 is 0 Å². The summed E-state index contributed by atoms with van der Waals surface area (Å²) < 4.78 is 1.13. The van der Waals surface area contributed by atoms with Crippen LogP contribution in [-0.4, -0.2) is 24.0 Å². The van der Waals surface area contributed by atoms with Gasteiger partial charge < -0.3 is 5.73 Å². The molecule has 3 unspecified atom stereocenters. The predicted octanol–water partition coefficient (Wildman–Crippen LogP) is 3.82. The van der Waals surface area contributed by atoms with E-state index in [1.54, 1.807) is 0 Å². The summed E-state index contributed by atoms with van der Waals surface area (Å²) in [6.07, 6.45) is 1.30. The highest BCUT2D eigenvalue weighted by molar-refractivity contribution is 9.10. The average Bonchev–Trinajstić information content (AvgIpc) is 2.78. The zero-order valence-corrected chi connectivity index (χ0v) is 13.7. The second-order valence-electron chi connectivity index (χ2n) is 6.15. The van der Waals surface area contributed by atoms with Gasteiger partial charge in [-0.15, -0.1) is 0 Å². The molecule has 3 atom stereocenters. The molecule has 19 heavy (non-hydrogen) atoms. The first-order chi connectivity index (χ1) is 8.99. The minimum atomic E-state index is 0.153. The van der Waals surface area contributed by atoms with Crippen LogP contribution in [0.5, 0.6) is 0 Å². The fourth-order valence-electron chi connectivity index (χ4n) is 3.15. The number of benzene rings is 1. The quantitative estimate of drug-likeness (QED) is 0.912. The molecule has 1 saturated heterocycles. The number of hydrogen-bond donors (Lipinski definition) is 1. The Labute approximate surface area is 125 Å². The standard InChI is InChI=1S/C16H25BrN2/c1-11(2)14-7-8-19(10-14)16(12(3)18)13-5-4-6-15(17)9-13/h4-6,9,11-12,14,16H,7-8,10,18H2,1-3H3. The smallest absolute Gasteiger partial charge is 0.0496 e. The highest BCUT2D eigenvalue weighted by Gasteiger charge is 2.32. The Morgan fingerprint density at radius 3 is 2.58 bits per heavy atom. The van der Waals surface area contributed by atoms with E-state index in [1.807, 2.05) is 0 Å². The molecule has 1 fully saturated rings. The van der Waals surface area contributed by atoms with Gasteiger partial charge in [0.25, 0.3) is 0 Å². The molecular formula is C16H25BrN2. The third-order valence-corrected chi connectivity index (χ3v) is 4.77. The van der Waals surface area contributed by atoms with Crippen molar-refractivity contribution in [2.24, 2.45) is 17.6 Å². The van der Waals surface area contributed by atoms with Gasteiger partial charge in [-0.25, -0.2) is 0 Å². The van der Waals surface area contributed by atoms with Gasteiger partial charge in [-0.3, -0.25) is 4.90 Å². The lowest BCUT2D eigenvalue weighted by molar-refractivity contribution is 0.204. The number of nitrogens with zero attached hydrogens (tertiary/aromatic N) is 1. The van der Waals surface area contributed by atoms with E-state index in [1.165, 1.54) is 25.1 Å². The van der Waals surface area contributed by atoms with Crippen LogP contribution < -0.4 is 5.73 Å². The largest absolute Gasteiger partial charge is 0.326 e. The number of halogens is 1. The molecule has 1 heterocycles. The van der Waals surface area contributed by atoms with E-state index >= 15 is 0 Å². The van der Waals surface area contributed by atoms with Crippen molar-refractivity contribution in [1.29, 1.82) is 0 Å². The molecule has 3 heteroatoms. The van der Waals surface area contributed by atoms with Gasteiger partial charge >= 0.3 is 0 Å². The van der Waals surface area contributed by atoms with Gasteiger partial charge in [0.1, 0.15) is 0 Å². The van der Waals surface area contributed by atoms with Gasteiger partial charge in [-0.1, -0.05) is 41.9 Å². The maximum absolute atomic E-state index is 6.26. The first kappa shape index (κ1) is 15.0. The zero-order chi connectivity index (χ0) is 14.0. The zero-order valence-electron chi connectivity index (χ0n) is 12.1. The Bertz CT molecular complexity index is 417. The van der Waals surface area contributed by atoms with Crippen LogP contribution in [-0.2, 0) is 0 Å². The molecule has 0 aliphatic carbocycles. The highest BCUT2D eigenvalue weighted by atomic mass is 79.9. The lowest BCUT2D eigenvalue weighted by Gasteiger charge is -2.32. The van der Waals surface area contributed by atoms with E-state index in [9.17, 15) is 0 Å². The van der Waals surface area contributed by atoms with Crippen LogP contribution in [0, 0.1) is 11.8 Å². The van der Waals surface area contributed by atoms with E-state index in [0.29, 0.717) is 6.04 Å². The summed E-state index contributed by atoms with van der Waals surface area (Å²) in [5.41, 5.74) is 7.59. The third-order valence-electron chi connectivity index (χ3n) is 4.28. The monoisotopic (exact) mass is 324 g/mol. The molecule has 0 radical (unpaired) electrons. The summed E-state index contributed by atoms with van der Waals surface area (Å²) in [5, 5.41) is 0. The van der Waals surface area contributed by atoms with Crippen molar-refractivity contribution in [2.45, 2.75) is 39.3 Å². The molecular weight excluding hydrogens is 300 g/mol. The Kier molecular flexibility index (Phi) is 5.04. The predicted molar refractivity (Wildman–Crippen MR) is 85.1 cm³/mol. The van der Waals surface area contributed by atoms with Crippen molar-refractivity contribution in [1.82, 2.24) is 4.90 Å². The summed E-state index contributed by atoms with van der Waals surface area (Å²) in [6.45, 7) is 9.12. The van der Waals surface area contributed by atoms with E-state index in [0.717, 1.165) is 16.3 Å². The van der Waals surface area contributed by atoms with Crippen molar-refractivity contribution in [3.63, 3.8) is 0 Å². The summed E-state index contributed by atoms with van der Waals surface area (Å²) in [4.78, 5) is 2.57. The van der Waals surface area contributed by atoms with E-state index in [2.05, 4.69) is 65.9 Å². The summed E-state index contributed by atoms with van der Waals surface area (Å²) in [5.74, 6) is 1.58. The molecule has 2 nitrogen and oxygen atoms in total. The molecule has 0 saturated carbocycles. The summed E-state index contributed by atoms with van der Waals surface area (Å²) >= 11 is 3.56. The van der Waals surface area contributed by atoms with Gasteiger partial charge in [-0.2, -0.15) is 0 Å². The molecule has 2 N–H and O–H groups in total. The SMILES string of the molecule is CC(C)C1CCN(C(c2cccc(Br)c2)C(C)N)C1. The van der Waals surface area contributed by atoms with E-state index < -0.39 is 0 Å². The maximum atomic E-state index is 6.26. The van der Waals surface area contributed by atoms with Crippen LogP contribution in [0.2, 0.25) is 0 Å². The molecule has 1 aromatic rings. The molecule has 1 aromatic carbocycles. The topological polar surface area (TPSA) is 29.3 Å². The van der Waals surface area contributed by atoms with Gasteiger partial charge in [0.15, 0.2) is 0 Å². The van der Waals surface area contributed by atoms with Crippen molar-refractivity contribution in [3.05, 3.63) is 34.3 Å².